The van der Waals surface area contributed by atoms with E-state index in [1.165, 1.54) is 11.8 Å². The molecule has 6 nitrogen and oxygen atoms in total. The molecule has 0 saturated carbocycles. The molecule has 0 saturated heterocycles. The molecule has 1 aromatic heterocycles. The van der Waals surface area contributed by atoms with Crippen molar-refractivity contribution in [1.82, 2.24) is 10.2 Å². The smallest absolute Gasteiger partial charge is 0.277 e. The molecule has 0 fully saturated rings. The maximum absolute atomic E-state index is 12.5. The zero-order valence-electron chi connectivity index (χ0n) is 16.4. The van der Waals surface area contributed by atoms with Crippen LogP contribution in [0, 0.1) is 20.8 Å². The molecule has 3 aromatic rings. The fourth-order valence-corrected chi connectivity index (χ4v) is 3.20. The summed E-state index contributed by atoms with van der Waals surface area (Å²) in [6.45, 7) is 7.94. The first-order chi connectivity index (χ1) is 13.4. The van der Waals surface area contributed by atoms with Gasteiger partial charge in [0.1, 0.15) is 5.75 Å². The Bertz CT molecular complexity index is 971. The highest BCUT2D eigenvalue weighted by molar-refractivity contribution is 8.00. The maximum Gasteiger partial charge on any atom is 0.277 e. The molecule has 7 heteroatoms. The molecule has 1 heterocycles. The van der Waals surface area contributed by atoms with Crippen LogP contribution in [0.5, 0.6) is 5.75 Å². The van der Waals surface area contributed by atoms with Gasteiger partial charge < -0.3 is 14.5 Å². The zero-order chi connectivity index (χ0) is 20.1. The molecular formula is C21H23N3O3S. The Labute approximate surface area is 168 Å². The van der Waals surface area contributed by atoms with Gasteiger partial charge in [-0.25, -0.2) is 0 Å². The van der Waals surface area contributed by atoms with Crippen molar-refractivity contribution in [3.8, 4) is 5.75 Å². The Hall–Kier alpha value is -2.80. The quantitative estimate of drug-likeness (QED) is 0.583. The van der Waals surface area contributed by atoms with Gasteiger partial charge in [-0.2, -0.15) is 0 Å². The first kappa shape index (κ1) is 19.9. The second-order valence-corrected chi connectivity index (χ2v) is 7.93. The number of carbonyl (C=O) groups is 1. The van der Waals surface area contributed by atoms with E-state index < -0.39 is 0 Å². The van der Waals surface area contributed by atoms with Gasteiger partial charge in [-0.05, 0) is 62.6 Å². The van der Waals surface area contributed by atoms with Gasteiger partial charge in [0.05, 0.1) is 5.25 Å². The predicted octanol–water partition coefficient (Wildman–Crippen LogP) is 4.69. The summed E-state index contributed by atoms with van der Waals surface area (Å²) in [4.78, 5) is 12.5. The molecule has 0 bridgehead atoms. The third kappa shape index (κ3) is 5.36. The molecule has 1 N–H and O–H groups in total. The largest absolute Gasteiger partial charge is 0.484 e. The Balaban J connectivity index is 1.55. The number of thioether (sulfide) groups is 1. The number of aryl methyl sites for hydroxylation is 3. The summed E-state index contributed by atoms with van der Waals surface area (Å²) in [5.41, 5.74) is 4.04. The molecule has 2 aromatic carbocycles. The van der Waals surface area contributed by atoms with E-state index in [9.17, 15) is 4.79 Å². The minimum Gasteiger partial charge on any atom is -0.484 e. The number of ether oxygens (including phenoxy) is 1. The molecule has 1 atom stereocenters. The first-order valence-electron chi connectivity index (χ1n) is 8.97. The third-order valence-electron chi connectivity index (χ3n) is 4.10. The van der Waals surface area contributed by atoms with Gasteiger partial charge in [0, 0.05) is 5.69 Å². The van der Waals surface area contributed by atoms with Crippen LogP contribution in [-0.4, -0.2) is 21.4 Å². The standard InChI is InChI=1S/C21H23N3O3S/c1-13-6-5-7-17(10-13)26-12-19-23-24-21(27-19)28-16(4)20(25)22-18-11-14(2)8-9-15(18)3/h5-11,16H,12H2,1-4H3,(H,22,25)/t16-/m1/s1. The van der Waals surface area contributed by atoms with Crippen molar-refractivity contribution in [2.45, 2.75) is 44.8 Å². The maximum atomic E-state index is 12.5. The molecule has 1 amide bonds. The topological polar surface area (TPSA) is 77.2 Å². The predicted molar refractivity (Wildman–Crippen MR) is 110 cm³/mol. The normalized spacial score (nSPS) is 11.9. The second kappa shape index (κ2) is 8.93. The minimum atomic E-state index is -0.383. The van der Waals surface area contributed by atoms with Crippen molar-refractivity contribution >= 4 is 23.4 Å². The van der Waals surface area contributed by atoms with Crippen LogP contribution < -0.4 is 10.1 Å². The van der Waals surface area contributed by atoms with Gasteiger partial charge >= 0.3 is 0 Å². The average Bonchev–Trinajstić information content (AvgIpc) is 3.10. The van der Waals surface area contributed by atoms with Crippen molar-refractivity contribution in [2.24, 2.45) is 0 Å². The second-order valence-electron chi connectivity index (χ2n) is 6.63. The van der Waals surface area contributed by atoms with Crippen LogP contribution in [0.3, 0.4) is 0 Å². The van der Waals surface area contributed by atoms with Gasteiger partial charge in [0.25, 0.3) is 11.1 Å². The van der Waals surface area contributed by atoms with Crippen molar-refractivity contribution in [2.75, 3.05) is 5.32 Å². The molecule has 146 valence electrons. The van der Waals surface area contributed by atoms with Crippen LogP contribution in [-0.2, 0) is 11.4 Å². The van der Waals surface area contributed by atoms with E-state index in [4.69, 9.17) is 9.15 Å². The number of anilines is 1. The van der Waals surface area contributed by atoms with Crippen LogP contribution in [0.15, 0.2) is 52.1 Å². The number of rotatable bonds is 7. The molecule has 0 unspecified atom stereocenters. The minimum absolute atomic E-state index is 0.116. The van der Waals surface area contributed by atoms with Gasteiger partial charge in [-0.1, -0.05) is 36.0 Å². The number of amides is 1. The fraction of sp³-hybridized carbons (Fsp3) is 0.286. The van der Waals surface area contributed by atoms with E-state index in [-0.39, 0.29) is 17.8 Å². The van der Waals surface area contributed by atoms with Gasteiger partial charge in [-0.15, -0.1) is 10.2 Å². The van der Waals surface area contributed by atoms with Crippen molar-refractivity contribution in [3.63, 3.8) is 0 Å². The highest BCUT2D eigenvalue weighted by Gasteiger charge is 2.19. The highest BCUT2D eigenvalue weighted by atomic mass is 32.2. The van der Waals surface area contributed by atoms with Gasteiger partial charge in [0.15, 0.2) is 6.61 Å². The number of nitrogens with one attached hydrogen (secondary N) is 1. The zero-order valence-corrected chi connectivity index (χ0v) is 17.2. The van der Waals surface area contributed by atoms with E-state index in [0.717, 1.165) is 28.1 Å². The van der Waals surface area contributed by atoms with Crippen LogP contribution in [0.2, 0.25) is 0 Å². The number of hydrogen-bond donors (Lipinski definition) is 1. The van der Waals surface area contributed by atoms with Gasteiger partial charge in [-0.3, -0.25) is 4.79 Å². The Morgan fingerprint density at radius 3 is 2.71 bits per heavy atom. The summed E-state index contributed by atoms with van der Waals surface area (Å²) in [7, 11) is 0. The number of aromatic nitrogens is 2. The summed E-state index contributed by atoms with van der Waals surface area (Å²) >= 11 is 1.22. The van der Waals surface area contributed by atoms with Gasteiger partial charge in [0.2, 0.25) is 5.91 Å². The highest BCUT2D eigenvalue weighted by Crippen LogP contribution is 2.24. The van der Waals surface area contributed by atoms with Crippen LogP contribution in [0.1, 0.15) is 29.5 Å². The first-order valence-corrected chi connectivity index (χ1v) is 9.85. The molecule has 28 heavy (non-hydrogen) atoms. The summed E-state index contributed by atoms with van der Waals surface area (Å²) in [5.74, 6) is 0.995. The lowest BCUT2D eigenvalue weighted by Gasteiger charge is -2.12. The van der Waals surface area contributed by atoms with E-state index in [2.05, 4.69) is 15.5 Å². The Morgan fingerprint density at radius 2 is 1.93 bits per heavy atom. The van der Waals surface area contributed by atoms with Crippen molar-refractivity contribution < 1.29 is 13.9 Å². The molecule has 0 aliphatic heterocycles. The van der Waals surface area contributed by atoms with E-state index in [0.29, 0.717) is 11.1 Å². The summed E-state index contributed by atoms with van der Waals surface area (Å²) in [6.07, 6.45) is 0. The number of hydrogen-bond acceptors (Lipinski definition) is 6. The molecular weight excluding hydrogens is 374 g/mol. The molecule has 3 rings (SSSR count). The lowest BCUT2D eigenvalue weighted by molar-refractivity contribution is -0.115. The number of carbonyl (C=O) groups excluding carboxylic acids is 1. The summed E-state index contributed by atoms with van der Waals surface area (Å²) < 4.78 is 11.2. The Kier molecular flexibility index (Phi) is 6.36. The SMILES string of the molecule is Cc1cccc(OCc2nnc(S[C@H](C)C(=O)Nc3cc(C)ccc3C)o2)c1. The summed E-state index contributed by atoms with van der Waals surface area (Å²) in [5, 5.41) is 10.9. The molecule has 0 spiro atoms. The third-order valence-corrected chi connectivity index (χ3v) is 5.03. The van der Waals surface area contributed by atoms with Crippen LogP contribution >= 0.6 is 11.8 Å². The van der Waals surface area contributed by atoms with E-state index >= 15 is 0 Å². The number of benzene rings is 2. The van der Waals surface area contributed by atoms with Crippen molar-refractivity contribution in [3.05, 3.63) is 65.0 Å². The summed E-state index contributed by atoms with van der Waals surface area (Å²) in [6, 6.07) is 13.7. The molecule has 0 aliphatic rings. The van der Waals surface area contributed by atoms with Crippen molar-refractivity contribution in [1.29, 1.82) is 0 Å². The molecule has 0 aliphatic carbocycles. The Morgan fingerprint density at radius 1 is 1.14 bits per heavy atom. The monoisotopic (exact) mass is 397 g/mol. The average molecular weight is 398 g/mol. The van der Waals surface area contributed by atoms with E-state index in [1.807, 2.05) is 63.2 Å². The fourth-order valence-electron chi connectivity index (χ4n) is 2.50. The molecule has 0 radical (unpaired) electrons. The van der Waals surface area contributed by atoms with E-state index in [1.54, 1.807) is 6.92 Å². The lowest BCUT2D eigenvalue weighted by Crippen LogP contribution is -2.22. The van der Waals surface area contributed by atoms with Crippen LogP contribution in [0.25, 0.3) is 0 Å². The lowest BCUT2D eigenvalue weighted by atomic mass is 10.1. The van der Waals surface area contributed by atoms with Crippen LogP contribution in [0.4, 0.5) is 5.69 Å². The number of nitrogens with zero attached hydrogens (tertiary/aromatic N) is 2.